The van der Waals surface area contributed by atoms with Crippen LogP contribution in [0.15, 0.2) is 6.07 Å². The maximum absolute atomic E-state index is 5.62. The summed E-state index contributed by atoms with van der Waals surface area (Å²) in [5.74, 6) is 1.88. The summed E-state index contributed by atoms with van der Waals surface area (Å²) < 4.78 is 0. The van der Waals surface area contributed by atoms with Gasteiger partial charge in [0, 0.05) is 30.9 Å². The van der Waals surface area contributed by atoms with Crippen LogP contribution in [-0.2, 0) is 0 Å². The fourth-order valence-corrected chi connectivity index (χ4v) is 1.85. The average Bonchev–Trinajstić information content (AvgIpc) is 2.95. The second-order valence-corrected chi connectivity index (χ2v) is 4.13. The Morgan fingerprint density at radius 2 is 2.13 bits per heavy atom. The minimum absolute atomic E-state index is 0.655. The van der Waals surface area contributed by atoms with E-state index in [1.165, 1.54) is 12.8 Å². The Labute approximate surface area is 90.5 Å². The number of rotatable bonds is 4. The van der Waals surface area contributed by atoms with Crippen molar-refractivity contribution < 1.29 is 0 Å². The largest absolute Gasteiger partial charge is 0.352 e. The number of hydrogen-bond donors (Lipinski definition) is 1. The Balaban J connectivity index is 2.24. The topological polar surface area (TPSA) is 55.0 Å². The number of hydrogen-bond acceptors (Lipinski definition) is 4. The molecule has 82 valence electrons. The third-order valence-corrected chi connectivity index (χ3v) is 2.60. The highest BCUT2D eigenvalue weighted by molar-refractivity contribution is 5.42. The van der Waals surface area contributed by atoms with Crippen LogP contribution in [0.5, 0.6) is 0 Å². The Morgan fingerprint density at radius 3 is 2.67 bits per heavy atom. The molecule has 1 saturated carbocycles. The minimum atomic E-state index is 0.655. The van der Waals surface area contributed by atoms with Crippen LogP contribution in [-0.4, -0.2) is 29.1 Å². The molecule has 1 aliphatic rings. The first-order valence-corrected chi connectivity index (χ1v) is 5.49. The second-order valence-electron chi connectivity index (χ2n) is 4.13. The van der Waals surface area contributed by atoms with Crippen LogP contribution in [0.25, 0.3) is 0 Å². The quantitative estimate of drug-likeness (QED) is 0.799. The summed E-state index contributed by atoms with van der Waals surface area (Å²) in [7, 11) is 0. The molecule has 1 heterocycles. The molecule has 2 rings (SSSR count). The molecule has 0 saturated heterocycles. The molecule has 0 radical (unpaired) electrons. The van der Waals surface area contributed by atoms with Crippen LogP contribution in [0.1, 0.15) is 24.4 Å². The number of nitrogens with two attached hydrogens (primary N) is 1. The normalized spacial score (nSPS) is 15.4. The summed E-state index contributed by atoms with van der Waals surface area (Å²) in [6.07, 6.45) is 2.53. The third kappa shape index (κ3) is 2.45. The summed E-state index contributed by atoms with van der Waals surface area (Å²) in [4.78, 5) is 11.1. The molecule has 0 amide bonds. The molecule has 1 aliphatic carbocycles. The predicted octanol–water partition coefficient (Wildman–Crippen LogP) is 1.02. The zero-order valence-electron chi connectivity index (χ0n) is 9.40. The zero-order chi connectivity index (χ0) is 10.8. The fraction of sp³-hybridized carbons (Fsp3) is 0.636. The maximum atomic E-state index is 5.62. The molecule has 0 atom stereocenters. The Bertz CT molecular complexity index is 326. The van der Waals surface area contributed by atoms with Crippen molar-refractivity contribution in [3.8, 4) is 0 Å². The van der Waals surface area contributed by atoms with Gasteiger partial charge in [-0.2, -0.15) is 0 Å². The van der Waals surface area contributed by atoms with E-state index in [1.54, 1.807) is 0 Å². The molecule has 0 spiro atoms. The van der Waals surface area contributed by atoms with E-state index in [4.69, 9.17) is 5.73 Å². The molecule has 1 aromatic rings. The Hall–Kier alpha value is -1.16. The molecule has 0 aliphatic heterocycles. The third-order valence-electron chi connectivity index (χ3n) is 2.60. The van der Waals surface area contributed by atoms with E-state index in [0.717, 1.165) is 23.9 Å². The van der Waals surface area contributed by atoms with Gasteiger partial charge in [0.1, 0.15) is 11.6 Å². The highest BCUT2D eigenvalue weighted by Crippen LogP contribution is 2.30. The number of nitrogens with zero attached hydrogens (tertiary/aromatic N) is 3. The van der Waals surface area contributed by atoms with Gasteiger partial charge in [-0.05, 0) is 26.7 Å². The lowest BCUT2D eigenvalue weighted by molar-refractivity contribution is 0.763. The maximum Gasteiger partial charge on any atom is 0.132 e. The molecule has 2 N–H and O–H groups in total. The van der Waals surface area contributed by atoms with Crippen LogP contribution >= 0.6 is 0 Å². The smallest absolute Gasteiger partial charge is 0.132 e. The van der Waals surface area contributed by atoms with Gasteiger partial charge < -0.3 is 10.6 Å². The molecule has 15 heavy (non-hydrogen) atoms. The van der Waals surface area contributed by atoms with Crippen molar-refractivity contribution in [2.45, 2.75) is 32.7 Å². The van der Waals surface area contributed by atoms with E-state index in [0.29, 0.717) is 12.6 Å². The molecular weight excluding hydrogens is 188 g/mol. The van der Waals surface area contributed by atoms with Gasteiger partial charge in [-0.1, -0.05) is 0 Å². The predicted molar refractivity (Wildman–Crippen MR) is 60.9 cm³/mol. The highest BCUT2D eigenvalue weighted by atomic mass is 15.2. The first-order valence-electron chi connectivity index (χ1n) is 5.49. The monoisotopic (exact) mass is 206 g/mol. The molecule has 1 aromatic heterocycles. The van der Waals surface area contributed by atoms with Crippen molar-refractivity contribution in [3.05, 3.63) is 17.6 Å². The summed E-state index contributed by atoms with van der Waals surface area (Å²) in [6, 6.07) is 2.70. The SMILES string of the molecule is Cc1cc(N(CCN)C2CC2)nc(C)n1. The minimum Gasteiger partial charge on any atom is -0.352 e. The van der Waals surface area contributed by atoms with Crippen molar-refractivity contribution in [2.75, 3.05) is 18.0 Å². The molecule has 1 fully saturated rings. The Morgan fingerprint density at radius 1 is 1.40 bits per heavy atom. The van der Waals surface area contributed by atoms with Crippen LogP contribution in [0.4, 0.5) is 5.82 Å². The Kier molecular flexibility index (Phi) is 2.86. The van der Waals surface area contributed by atoms with Gasteiger partial charge in [-0.15, -0.1) is 0 Å². The van der Waals surface area contributed by atoms with E-state index < -0.39 is 0 Å². The van der Waals surface area contributed by atoms with Crippen molar-refractivity contribution in [1.29, 1.82) is 0 Å². The molecule has 0 bridgehead atoms. The highest BCUT2D eigenvalue weighted by Gasteiger charge is 2.29. The lowest BCUT2D eigenvalue weighted by Gasteiger charge is -2.23. The number of aryl methyl sites for hydroxylation is 2. The number of aromatic nitrogens is 2. The fourth-order valence-electron chi connectivity index (χ4n) is 1.85. The molecule has 4 nitrogen and oxygen atoms in total. The van der Waals surface area contributed by atoms with Gasteiger partial charge in [0.25, 0.3) is 0 Å². The first-order chi connectivity index (χ1) is 7.20. The van der Waals surface area contributed by atoms with Crippen molar-refractivity contribution in [2.24, 2.45) is 5.73 Å². The van der Waals surface area contributed by atoms with Crippen molar-refractivity contribution >= 4 is 5.82 Å². The van der Waals surface area contributed by atoms with E-state index in [2.05, 4.69) is 14.9 Å². The standard InChI is InChI=1S/C11H18N4/c1-8-7-11(14-9(2)13-8)15(6-5-12)10-3-4-10/h7,10H,3-6,12H2,1-2H3. The van der Waals surface area contributed by atoms with Gasteiger partial charge in [0.15, 0.2) is 0 Å². The lowest BCUT2D eigenvalue weighted by atomic mass is 10.3. The summed E-state index contributed by atoms with van der Waals surface area (Å²) in [6.45, 7) is 5.51. The zero-order valence-corrected chi connectivity index (χ0v) is 9.40. The van der Waals surface area contributed by atoms with E-state index >= 15 is 0 Å². The van der Waals surface area contributed by atoms with Crippen LogP contribution < -0.4 is 10.6 Å². The van der Waals surface area contributed by atoms with Gasteiger partial charge >= 0.3 is 0 Å². The average molecular weight is 206 g/mol. The van der Waals surface area contributed by atoms with Gasteiger partial charge in [-0.3, -0.25) is 0 Å². The summed E-state index contributed by atoms with van der Waals surface area (Å²) in [5, 5.41) is 0. The van der Waals surface area contributed by atoms with Crippen molar-refractivity contribution in [1.82, 2.24) is 9.97 Å². The second kappa shape index (κ2) is 4.14. The van der Waals surface area contributed by atoms with Crippen LogP contribution in [0.2, 0.25) is 0 Å². The van der Waals surface area contributed by atoms with Crippen molar-refractivity contribution in [3.63, 3.8) is 0 Å². The van der Waals surface area contributed by atoms with Crippen LogP contribution in [0, 0.1) is 13.8 Å². The first kappa shape index (κ1) is 10.4. The van der Waals surface area contributed by atoms with Crippen LogP contribution in [0.3, 0.4) is 0 Å². The van der Waals surface area contributed by atoms with E-state index in [-0.39, 0.29) is 0 Å². The molecule has 0 unspecified atom stereocenters. The van der Waals surface area contributed by atoms with Gasteiger partial charge in [-0.25, -0.2) is 9.97 Å². The molecule has 4 heteroatoms. The van der Waals surface area contributed by atoms with Gasteiger partial charge in [0.2, 0.25) is 0 Å². The summed E-state index contributed by atoms with van der Waals surface area (Å²) in [5.41, 5.74) is 6.65. The lowest BCUT2D eigenvalue weighted by Crippen LogP contribution is -2.32. The molecule has 0 aromatic carbocycles. The summed E-state index contributed by atoms with van der Waals surface area (Å²) >= 11 is 0. The molecular formula is C11H18N4. The van der Waals surface area contributed by atoms with E-state index in [1.807, 2.05) is 19.9 Å². The van der Waals surface area contributed by atoms with E-state index in [9.17, 15) is 0 Å². The number of anilines is 1. The van der Waals surface area contributed by atoms with Gasteiger partial charge in [0.05, 0.1) is 0 Å².